The number of anilines is 1. The first-order valence-corrected chi connectivity index (χ1v) is 13.0. The van der Waals surface area contributed by atoms with Crippen molar-refractivity contribution >= 4 is 35.4 Å². The number of amides is 2. The number of pyridine rings is 1. The molecular formula is C25H30F3N5O4S. The molecule has 0 spiro atoms. The van der Waals surface area contributed by atoms with E-state index in [9.17, 15) is 32.7 Å². The van der Waals surface area contributed by atoms with E-state index in [0.29, 0.717) is 29.7 Å². The van der Waals surface area contributed by atoms with E-state index in [-0.39, 0.29) is 36.8 Å². The summed E-state index contributed by atoms with van der Waals surface area (Å²) in [6.07, 6.45) is 1.15. The van der Waals surface area contributed by atoms with E-state index in [1.807, 2.05) is 0 Å². The standard InChI is InChI=1S/C25H30F3N5O4S/c1-13(2)22(25(36)37)32-20-4-3-14(11-30-20)12-31-23(35)24-33(5-6-38-24)21(34)9-16(29)7-15-8-18(27)19(28)10-17(15)26/h3-4,8,10-11,13,16,22,24H,5-7,9,12,29H2,1-2H3,(H,30,32)(H,31,35)(H,36,37)/t16?,22-,24-/m0/s1. The second-order valence-electron chi connectivity index (χ2n) is 9.31. The van der Waals surface area contributed by atoms with Gasteiger partial charge in [-0.15, -0.1) is 11.8 Å². The number of aromatic nitrogens is 1. The molecule has 2 aromatic rings. The first-order chi connectivity index (χ1) is 18.0. The predicted molar refractivity (Wildman–Crippen MR) is 137 cm³/mol. The van der Waals surface area contributed by atoms with Crippen molar-refractivity contribution in [2.24, 2.45) is 11.7 Å². The van der Waals surface area contributed by atoms with Gasteiger partial charge in [-0.05, 0) is 35.6 Å². The van der Waals surface area contributed by atoms with Crippen LogP contribution in [0.25, 0.3) is 0 Å². The van der Waals surface area contributed by atoms with Gasteiger partial charge in [0.2, 0.25) is 5.91 Å². The maximum absolute atomic E-state index is 13.9. The van der Waals surface area contributed by atoms with Crippen LogP contribution in [-0.2, 0) is 27.3 Å². The molecule has 206 valence electrons. The van der Waals surface area contributed by atoms with Gasteiger partial charge in [0.05, 0.1) is 0 Å². The van der Waals surface area contributed by atoms with Crippen LogP contribution in [0.15, 0.2) is 30.5 Å². The molecule has 38 heavy (non-hydrogen) atoms. The number of hydrogen-bond acceptors (Lipinski definition) is 7. The van der Waals surface area contributed by atoms with E-state index in [0.717, 1.165) is 6.07 Å². The van der Waals surface area contributed by atoms with Crippen LogP contribution < -0.4 is 16.4 Å². The number of nitrogens with zero attached hydrogens (tertiary/aromatic N) is 2. The molecule has 0 radical (unpaired) electrons. The van der Waals surface area contributed by atoms with E-state index in [1.54, 1.807) is 26.0 Å². The van der Waals surface area contributed by atoms with Crippen molar-refractivity contribution in [3.8, 4) is 0 Å². The number of carboxylic acids is 1. The van der Waals surface area contributed by atoms with Gasteiger partial charge in [-0.3, -0.25) is 9.59 Å². The lowest BCUT2D eigenvalue weighted by Gasteiger charge is -2.24. The summed E-state index contributed by atoms with van der Waals surface area (Å²) in [5, 5.41) is 14.2. The Balaban J connectivity index is 1.52. The minimum atomic E-state index is -1.31. The van der Waals surface area contributed by atoms with E-state index >= 15 is 0 Å². The number of carbonyl (C=O) groups excluding carboxylic acids is 2. The van der Waals surface area contributed by atoms with E-state index < -0.39 is 46.8 Å². The monoisotopic (exact) mass is 553 g/mol. The third-order valence-corrected chi connectivity index (χ3v) is 7.17. The van der Waals surface area contributed by atoms with E-state index in [2.05, 4.69) is 15.6 Å². The van der Waals surface area contributed by atoms with Gasteiger partial charge in [-0.1, -0.05) is 19.9 Å². The number of carbonyl (C=O) groups is 3. The molecule has 0 saturated carbocycles. The van der Waals surface area contributed by atoms with Crippen molar-refractivity contribution in [1.29, 1.82) is 0 Å². The highest BCUT2D eigenvalue weighted by molar-refractivity contribution is 8.00. The van der Waals surface area contributed by atoms with Crippen LogP contribution >= 0.6 is 11.8 Å². The molecule has 5 N–H and O–H groups in total. The summed E-state index contributed by atoms with van der Waals surface area (Å²) in [5.41, 5.74) is 6.53. The molecule has 2 amide bonds. The second kappa shape index (κ2) is 13.0. The molecule has 1 unspecified atom stereocenters. The third kappa shape index (κ3) is 7.60. The molecule has 1 aliphatic heterocycles. The molecule has 1 saturated heterocycles. The maximum Gasteiger partial charge on any atom is 0.326 e. The molecule has 3 atom stereocenters. The summed E-state index contributed by atoms with van der Waals surface area (Å²) in [6.45, 7) is 4.04. The van der Waals surface area contributed by atoms with Gasteiger partial charge in [0.1, 0.15) is 17.7 Å². The average Bonchev–Trinajstić information content (AvgIpc) is 3.35. The van der Waals surface area contributed by atoms with Crippen LogP contribution in [0.3, 0.4) is 0 Å². The van der Waals surface area contributed by atoms with Gasteiger partial charge in [0.15, 0.2) is 17.0 Å². The van der Waals surface area contributed by atoms with Gasteiger partial charge >= 0.3 is 5.97 Å². The van der Waals surface area contributed by atoms with Crippen LogP contribution in [0, 0.1) is 23.4 Å². The third-order valence-electron chi connectivity index (χ3n) is 5.97. The number of aliphatic carboxylic acids is 1. The molecule has 2 heterocycles. The molecular weight excluding hydrogens is 523 g/mol. The minimum absolute atomic E-state index is 0.133. The van der Waals surface area contributed by atoms with Crippen molar-refractivity contribution in [2.45, 2.75) is 50.7 Å². The van der Waals surface area contributed by atoms with Gasteiger partial charge in [0.25, 0.3) is 5.91 Å². The van der Waals surface area contributed by atoms with Gasteiger partial charge in [0, 0.05) is 43.6 Å². The molecule has 0 bridgehead atoms. The molecule has 1 fully saturated rings. The lowest BCUT2D eigenvalue weighted by molar-refractivity contribution is -0.139. The first-order valence-electron chi connectivity index (χ1n) is 12.0. The fourth-order valence-corrected chi connectivity index (χ4v) is 5.09. The Morgan fingerprint density at radius 3 is 2.53 bits per heavy atom. The van der Waals surface area contributed by atoms with Crippen molar-refractivity contribution in [3.63, 3.8) is 0 Å². The Bertz CT molecular complexity index is 1170. The minimum Gasteiger partial charge on any atom is -0.480 e. The fraction of sp³-hybridized carbons (Fsp3) is 0.440. The van der Waals surface area contributed by atoms with Crippen molar-refractivity contribution in [1.82, 2.24) is 15.2 Å². The maximum atomic E-state index is 13.9. The largest absolute Gasteiger partial charge is 0.480 e. The predicted octanol–water partition coefficient (Wildman–Crippen LogP) is 2.50. The Kier molecular flexibility index (Phi) is 9.97. The molecule has 1 aromatic heterocycles. The highest BCUT2D eigenvalue weighted by Gasteiger charge is 2.35. The summed E-state index contributed by atoms with van der Waals surface area (Å²) in [6, 6.07) is 2.84. The Hall–Kier alpha value is -3.32. The topological polar surface area (TPSA) is 138 Å². The Morgan fingerprint density at radius 2 is 1.89 bits per heavy atom. The summed E-state index contributed by atoms with van der Waals surface area (Å²) < 4.78 is 40.5. The van der Waals surface area contributed by atoms with Crippen LogP contribution in [0.4, 0.5) is 19.0 Å². The molecule has 1 aromatic carbocycles. The summed E-state index contributed by atoms with van der Waals surface area (Å²) >= 11 is 1.29. The van der Waals surface area contributed by atoms with Gasteiger partial charge < -0.3 is 26.4 Å². The lowest BCUT2D eigenvalue weighted by Crippen LogP contribution is -2.46. The first kappa shape index (κ1) is 29.2. The molecule has 13 heteroatoms. The van der Waals surface area contributed by atoms with E-state index in [4.69, 9.17) is 5.73 Å². The highest BCUT2D eigenvalue weighted by atomic mass is 32.2. The van der Waals surface area contributed by atoms with Crippen molar-refractivity contribution in [2.75, 3.05) is 17.6 Å². The summed E-state index contributed by atoms with van der Waals surface area (Å²) in [7, 11) is 0. The summed E-state index contributed by atoms with van der Waals surface area (Å²) in [5.74, 6) is -4.43. The number of rotatable bonds is 11. The number of thioether (sulfide) groups is 1. The Labute approximate surface area is 222 Å². The number of nitrogens with two attached hydrogens (primary N) is 1. The van der Waals surface area contributed by atoms with Crippen molar-refractivity contribution in [3.05, 3.63) is 59.0 Å². The zero-order valence-electron chi connectivity index (χ0n) is 20.9. The quantitative estimate of drug-likeness (QED) is 0.312. The van der Waals surface area contributed by atoms with Crippen LogP contribution in [-0.4, -0.2) is 62.5 Å². The number of carboxylic acid groups (broad SMARTS) is 1. The Morgan fingerprint density at radius 1 is 1.18 bits per heavy atom. The van der Waals surface area contributed by atoms with Gasteiger partial charge in [-0.25, -0.2) is 22.9 Å². The number of nitrogens with one attached hydrogen (secondary N) is 2. The van der Waals surface area contributed by atoms with Crippen LogP contribution in [0.1, 0.15) is 31.4 Å². The molecule has 1 aliphatic rings. The number of halogens is 3. The molecule has 9 nitrogen and oxygen atoms in total. The second-order valence-corrected chi connectivity index (χ2v) is 10.5. The fourth-order valence-electron chi connectivity index (χ4n) is 3.92. The van der Waals surface area contributed by atoms with Gasteiger partial charge in [-0.2, -0.15) is 0 Å². The summed E-state index contributed by atoms with van der Waals surface area (Å²) in [4.78, 5) is 42.6. The lowest BCUT2D eigenvalue weighted by atomic mass is 10.0. The number of hydrogen-bond donors (Lipinski definition) is 4. The van der Waals surface area contributed by atoms with Crippen LogP contribution in [0.2, 0.25) is 0 Å². The smallest absolute Gasteiger partial charge is 0.326 e. The highest BCUT2D eigenvalue weighted by Crippen LogP contribution is 2.25. The zero-order chi connectivity index (χ0) is 28.0. The van der Waals surface area contributed by atoms with Crippen LogP contribution in [0.5, 0.6) is 0 Å². The average molecular weight is 554 g/mol. The number of benzene rings is 1. The van der Waals surface area contributed by atoms with E-state index in [1.165, 1.54) is 22.9 Å². The molecule has 3 rings (SSSR count). The van der Waals surface area contributed by atoms with Crippen molar-refractivity contribution < 1.29 is 32.7 Å². The molecule has 0 aliphatic carbocycles. The normalized spacial score (nSPS) is 16.8. The SMILES string of the molecule is CC(C)[C@H](Nc1ccc(CNC(=O)[C@@H]2SCCN2C(=O)CC(N)Cc2cc(F)c(F)cc2F)cn1)C(=O)O. The zero-order valence-corrected chi connectivity index (χ0v) is 21.7.